The van der Waals surface area contributed by atoms with Crippen LogP contribution in [-0.2, 0) is 17.1 Å². The number of aryl methyl sites for hydroxylation is 1. The number of carbonyl (C=O) groups is 1. The fraction of sp³-hybridized carbons (Fsp3) is 0.474. The monoisotopic (exact) mass is 453 g/mol. The second kappa shape index (κ2) is 9.02. The zero-order valence-electron chi connectivity index (χ0n) is 18.4. The SMILES string of the molecule is CCCN(C)C(=O)c1cc(Oc2ccc([N+](=O)[O-])cc2S(=O)(=O)NC(C)(C)C)n(C)n1. The van der Waals surface area contributed by atoms with E-state index in [0.29, 0.717) is 6.54 Å². The molecule has 0 saturated heterocycles. The average Bonchev–Trinajstić information content (AvgIpc) is 2.99. The summed E-state index contributed by atoms with van der Waals surface area (Å²) in [6.07, 6.45) is 0.781. The highest BCUT2D eigenvalue weighted by atomic mass is 32.2. The third-order valence-electron chi connectivity index (χ3n) is 4.04. The lowest BCUT2D eigenvalue weighted by Crippen LogP contribution is -2.40. The van der Waals surface area contributed by atoms with Crippen molar-refractivity contribution in [3.8, 4) is 11.6 Å². The van der Waals surface area contributed by atoms with Gasteiger partial charge in [-0.2, -0.15) is 5.10 Å². The molecule has 0 spiro atoms. The molecule has 1 heterocycles. The number of nitro groups is 1. The largest absolute Gasteiger partial charge is 0.438 e. The van der Waals surface area contributed by atoms with Crippen LogP contribution in [-0.4, -0.2) is 53.1 Å². The quantitative estimate of drug-likeness (QED) is 0.479. The maximum absolute atomic E-state index is 12.9. The molecule has 0 atom stereocenters. The van der Waals surface area contributed by atoms with E-state index in [2.05, 4.69) is 9.82 Å². The summed E-state index contributed by atoms with van der Waals surface area (Å²) in [4.78, 5) is 24.1. The Morgan fingerprint density at radius 3 is 2.52 bits per heavy atom. The van der Waals surface area contributed by atoms with Crippen molar-refractivity contribution < 1.29 is 22.9 Å². The molecule has 11 nitrogen and oxygen atoms in total. The molecule has 1 aromatic carbocycles. The van der Waals surface area contributed by atoms with Gasteiger partial charge in [0.2, 0.25) is 15.9 Å². The van der Waals surface area contributed by atoms with Crippen LogP contribution in [0.4, 0.5) is 5.69 Å². The van der Waals surface area contributed by atoms with Crippen LogP contribution in [0.1, 0.15) is 44.6 Å². The standard InChI is InChI=1S/C19H27N5O6S/c1-7-10-22(5)18(25)14-12-17(23(6)20-14)30-15-9-8-13(24(26)27)11-16(15)31(28,29)21-19(2,3)4/h8-9,11-12,21H,7,10H2,1-6H3. The van der Waals surface area contributed by atoms with Gasteiger partial charge in [-0.05, 0) is 33.3 Å². The van der Waals surface area contributed by atoms with E-state index in [4.69, 9.17) is 4.74 Å². The van der Waals surface area contributed by atoms with E-state index in [0.717, 1.165) is 18.6 Å². The molecule has 1 N–H and O–H groups in total. The van der Waals surface area contributed by atoms with Crippen LogP contribution in [0, 0.1) is 10.1 Å². The van der Waals surface area contributed by atoms with Gasteiger partial charge < -0.3 is 9.64 Å². The predicted molar refractivity (Wildman–Crippen MR) is 114 cm³/mol. The number of sulfonamides is 1. The highest BCUT2D eigenvalue weighted by molar-refractivity contribution is 7.89. The van der Waals surface area contributed by atoms with Crippen LogP contribution in [0.25, 0.3) is 0 Å². The van der Waals surface area contributed by atoms with Crippen molar-refractivity contribution in [2.75, 3.05) is 13.6 Å². The number of hydrogen-bond acceptors (Lipinski definition) is 7. The summed E-state index contributed by atoms with van der Waals surface area (Å²) in [7, 11) is -0.959. The Kier molecular flexibility index (Phi) is 7.06. The summed E-state index contributed by atoms with van der Waals surface area (Å²) in [6.45, 7) is 7.43. The van der Waals surface area contributed by atoms with Gasteiger partial charge in [-0.15, -0.1) is 0 Å². The Labute approximate surface area is 181 Å². The smallest absolute Gasteiger partial charge is 0.274 e. The molecule has 0 bridgehead atoms. The van der Waals surface area contributed by atoms with Gasteiger partial charge in [-0.3, -0.25) is 14.9 Å². The van der Waals surface area contributed by atoms with E-state index in [-0.39, 0.29) is 23.2 Å². The Morgan fingerprint density at radius 1 is 1.32 bits per heavy atom. The third-order valence-corrected chi connectivity index (χ3v) is 5.82. The Bertz CT molecular complexity index is 1090. The first kappa shape index (κ1) is 24.3. The number of nitrogens with zero attached hydrogens (tertiary/aromatic N) is 4. The summed E-state index contributed by atoms with van der Waals surface area (Å²) in [5.41, 5.74) is -1.09. The summed E-state index contributed by atoms with van der Waals surface area (Å²) < 4.78 is 35.3. The maximum Gasteiger partial charge on any atom is 0.274 e. The van der Waals surface area contributed by atoms with E-state index in [9.17, 15) is 23.3 Å². The van der Waals surface area contributed by atoms with Gasteiger partial charge in [0.25, 0.3) is 11.6 Å². The predicted octanol–water partition coefficient (Wildman–Crippen LogP) is 2.68. The topological polar surface area (TPSA) is 137 Å². The molecule has 1 aromatic heterocycles. The lowest BCUT2D eigenvalue weighted by atomic mass is 10.1. The first-order valence-electron chi connectivity index (χ1n) is 9.55. The summed E-state index contributed by atoms with van der Waals surface area (Å²) in [6, 6.07) is 4.67. The highest BCUT2D eigenvalue weighted by Crippen LogP contribution is 2.33. The number of nitro benzene ring substituents is 1. The minimum absolute atomic E-state index is 0.106. The lowest BCUT2D eigenvalue weighted by Gasteiger charge is -2.21. The van der Waals surface area contributed by atoms with E-state index < -0.39 is 31.1 Å². The number of hydrogen-bond donors (Lipinski definition) is 1. The minimum Gasteiger partial charge on any atom is -0.438 e. The highest BCUT2D eigenvalue weighted by Gasteiger charge is 2.28. The van der Waals surface area contributed by atoms with Crippen LogP contribution >= 0.6 is 0 Å². The van der Waals surface area contributed by atoms with Crippen LogP contribution < -0.4 is 9.46 Å². The third kappa shape index (κ3) is 6.01. The zero-order valence-corrected chi connectivity index (χ0v) is 19.2. The molecule has 0 radical (unpaired) electrons. The number of nitrogens with one attached hydrogen (secondary N) is 1. The molecular formula is C19H27N5O6S. The Morgan fingerprint density at radius 2 is 1.97 bits per heavy atom. The molecule has 0 aliphatic carbocycles. The summed E-state index contributed by atoms with van der Waals surface area (Å²) >= 11 is 0. The van der Waals surface area contributed by atoms with Crippen molar-refractivity contribution in [1.82, 2.24) is 19.4 Å². The number of benzene rings is 1. The molecule has 170 valence electrons. The van der Waals surface area contributed by atoms with Gasteiger partial charge in [0, 0.05) is 44.4 Å². The molecule has 1 amide bonds. The van der Waals surface area contributed by atoms with Gasteiger partial charge in [-0.1, -0.05) is 6.92 Å². The van der Waals surface area contributed by atoms with Crippen molar-refractivity contribution >= 4 is 21.6 Å². The van der Waals surface area contributed by atoms with Crippen LogP contribution in [0.2, 0.25) is 0 Å². The zero-order chi connectivity index (χ0) is 23.6. The van der Waals surface area contributed by atoms with Crippen molar-refractivity contribution in [3.63, 3.8) is 0 Å². The Hall–Kier alpha value is -2.99. The van der Waals surface area contributed by atoms with Gasteiger partial charge in [0.05, 0.1) is 4.92 Å². The van der Waals surface area contributed by atoms with E-state index >= 15 is 0 Å². The number of ether oxygens (including phenoxy) is 1. The second-order valence-electron chi connectivity index (χ2n) is 8.06. The van der Waals surface area contributed by atoms with Crippen molar-refractivity contribution in [2.24, 2.45) is 7.05 Å². The molecule has 12 heteroatoms. The fourth-order valence-electron chi connectivity index (χ4n) is 2.76. The molecule has 0 saturated carbocycles. The first-order chi connectivity index (χ1) is 14.2. The normalized spacial score (nSPS) is 11.9. The average molecular weight is 454 g/mol. The van der Waals surface area contributed by atoms with Crippen LogP contribution in [0.3, 0.4) is 0 Å². The number of amides is 1. The molecule has 0 aliphatic heterocycles. The van der Waals surface area contributed by atoms with Gasteiger partial charge in [0.1, 0.15) is 10.6 Å². The number of non-ortho nitro benzene ring substituents is 1. The van der Waals surface area contributed by atoms with Crippen LogP contribution in [0.15, 0.2) is 29.2 Å². The minimum atomic E-state index is -4.15. The first-order valence-corrected chi connectivity index (χ1v) is 11.0. The fourth-order valence-corrected chi connectivity index (χ4v) is 4.32. The number of carbonyl (C=O) groups excluding carboxylic acids is 1. The molecule has 2 aromatic rings. The van der Waals surface area contributed by atoms with Crippen LogP contribution in [0.5, 0.6) is 11.6 Å². The van der Waals surface area contributed by atoms with Crippen molar-refractivity contribution in [1.29, 1.82) is 0 Å². The molecule has 0 unspecified atom stereocenters. The van der Waals surface area contributed by atoms with Gasteiger partial charge in [0.15, 0.2) is 5.69 Å². The molecule has 0 fully saturated rings. The summed E-state index contributed by atoms with van der Waals surface area (Å²) in [5.74, 6) is -0.334. The molecule has 2 rings (SSSR count). The molecule has 0 aliphatic rings. The van der Waals surface area contributed by atoms with Gasteiger partial charge in [-0.25, -0.2) is 17.8 Å². The Balaban J connectivity index is 2.48. The van der Waals surface area contributed by atoms with Crippen molar-refractivity contribution in [3.05, 3.63) is 40.1 Å². The second-order valence-corrected chi connectivity index (χ2v) is 9.71. The van der Waals surface area contributed by atoms with E-state index in [1.165, 1.54) is 21.7 Å². The van der Waals surface area contributed by atoms with Gasteiger partial charge >= 0.3 is 0 Å². The van der Waals surface area contributed by atoms with Crippen molar-refractivity contribution in [2.45, 2.75) is 44.6 Å². The molecular weight excluding hydrogens is 426 g/mol. The maximum atomic E-state index is 12.9. The van der Waals surface area contributed by atoms with E-state index in [1.54, 1.807) is 34.9 Å². The lowest BCUT2D eigenvalue weighted by molar-refractivity contribution is -0.385. The molecule has 31 heavy (non-hydrogen) atoms. The van der Waals surface area contributed by atoms with E-state index in [1.807, 2.05) is 6.92 Å². The summed E-state index contributed by atoms with van der Waals surface area (Å²) in [5, 5.41) is 15.3. The number of aromatic nitrogens is 2. The number of rotatable bonds is 8.